The molecule has 0 saturated heterocycles. The normalized spacial score (nSPS) is 19.0. The van der Waals surface area contributed by atoms with Crippen LogP contribution >= 0.6 is 0 Å². The molecule has 2 N–H and O–H groups in total. The van der Waals surface area contributed by atoms with E-state index in [2.05, 4.69) is 5.32 Å². The fourth-order valence-corrected chi connectivity index (χ4v) is 5.40. The van der Waals surface area contributed by atoms with Crippen molar-refractivity contribution in [3.05, 3.63) is 64.2 Å². The molecule has 13 heteroatoms. The van der Waals surface area contributed by atoms with E-state index in [1.54, 1.807) is 0 Å². The Kier molecular flexibility index (Phi) is 10.5. The second-order valence-corrected chi connectivity index (χ2v) is 10.8. The number of hydrogen-bond donors (Lipinski definition) is 2. The lowest BCUT2D eigenvalue weighted by Crippen LogP contribution is -2.33. The number of anilines is 1. The Balaban J connectivity index is 1.85. The number of rotatable bonds is 10. The van der Waals surface area contributed by atoms with Crippen molar-refractivity contribution in [1.82, 2.24) is 5.32 Å². The van der Waals surface area contributed by atoms with Crippen molar-refractivity contribution in [3.63, 3.8) is 0 Å². The maximum absolute atomic E-state index is 13.6. The van der Waals surface area contributed by atoms with Crippen molar-refractivity contribution in [1.29, 1.82) is 0 Å². The molecule has 0 aromatic heterocycles. The van der Waals surface area contributed by atoms with Crippen LogP contribution in [0.3, 0.4) is 0 Å². The number of carboxylic acid groups (broad SMARTS) is 1. The summed E-state index contributed by atoms with van der Waals surface area (Å²) in [4.78, 5) is 12.9. The minimum Gasteiger partial charge on any atom is -0.481 e. The third-order valence-electron chi connectivity index (χ3n) is 7.75. The molecule has 0 radical (unpaired) electrons. The Morgan fingerprint density at radius 2 is 1.38 bits per heavy atom. The molecule has 3 rings (SSSR count). The first kappa shape index (κ1) is 33.5. The van der Waals surface area contributed by atoms with Gasteiger partial charge in [-0.05, 0) is 98.9 Å². The number of aliphatic carboxylic acids is 1. The quantitative estimate of drug-likeness (QED) is 0.264. The molecule has 0 bridgehead atoms. The van der Waals surface area contributed by atoms with Gasteiger partial charge in [-0.25, -0.2) is 0 Å². The molecule has 1 unspecified atom stereocenters. The molecule has 4 nitrogen and oxygen atoms in total. The molecule has 0 amide bonds. The molecule has 42 heavy (non-hydrogen) atoms. The van der Waals surface area contributed by atoms with Crippen LogP contribution in [0.25, 0.3) is 0 Å². The molecule has 1 aliphatic rings. The van der Waals surface area contributed by atoms with E-state index >= 15 is 0 Å². The lowest BCUT2D eigenvalue weighted by Gasteiger charge is -2.34. The van der Waals surface area contributed by atoms with Crippen LogP contribution in [0.15, 0.2) is 36.4 Å². The van der Waals surface area contributed by atoms with Crippen LogP contribution in [0.5, 0.6) is 0 Å². The van der Waals surface area contributed by atoms with Crippen LogP contribution in [0.1, 0.15) is 79.8 Å². The van der Waals surface area contributed by atoms with Gasteiger partial charge in [-0.15, -0.1) is 0 Å². The van der Waals surface area contributed by atoms with E-state index in [1.807, 2.05) is 11.8 Å². The van der Waals surface area contributed by atoms with Gasteiger partial charge in [0.05, 0.1) is 16.7 Å². The van der Waals surface area contributed by atoms with Gasteiger partial charge in [-0.2, -0.15) is 39.5 Å². The topological polar surface area (TPSA) is 52.6 Å². The molecular weight excluding hydrogens is 579 g/mol. The van der Waals surface area contributed by atoms with E-state index in [0.29, 0.717) is 30.9 Å². The highest BCUT2D eigenvalue weighted by atomic mass is 19.4. The van der Waals surface area contributed by atoms with Crippen LogP contribution in [0, 0.1) is 11.8 Å². The van der Waals surface area contributed by atoms with Crippen LogP contribution in [-0.2, 0) is 29.9 Å². The molecule has 1 saturated carbocycles. The van der Waals surface area contributed by atoms with Crippen LogP contribution in [-0.4, -0.2) is 24.2 Å². The highest BCUT2D eigenvalue weighted by molar-refractivity contribution is 5.67. The summed E-state index contributed by atoms with van der Waals surface area (Å²) in [5.74, 6) is -0.595. The first-order valence-electron chi connectivity index (χ1n) is 13.6. The summed E-state index contributed by atoms with van der Waals surface area (Å²) >= 11 is 0. The Bertz CT molecular complexity index is 1180. The average molecular weight is 613 g/mol. The second kappa shape index (κ2) is 13.1. The van der Waals surface area contributed by atoms with E-state index < -0.39 is 47.2 Å². The summed E-state index contributed by atoms with van der Waals surface area (Å²) < 4.78 is 121. The molecular formula is C29H33F9N2O2. The number of halogens is 9. The van der Waals surface area contributed by atoms with Gasteiger partial charge in [-0.1, -0.05) is 0 Å². The van der Waals surface area contributed by atoms with Crippen LogP contribution in [0.2, 0.25) is 0 Å². The molecule has 1 fully saturated rings. The van der Waals surface area contributed by atoms with Crippen molar-refractivity contribution in [2.45, 2.75) is 77.1 Å². The largest absolute Gasteiger partial charge is 0.481 e. The highest BCUT2D eigenvalue weighted by Gasteiger charge is 2.37. The maximum Gasteiger partial charge on any atom is 0.416 e. The number of carbonyl (C=O) groups is 1. The minimum atomic E-state index is -5.03. The van der Waals surface area contributed by atoms with Crippen molar-refractivity contribution < 1.29 is 49.4 Å². The smallest absolute Gasteiger partial charge is 0.416 e. The van der Waals surface area contributed by atoms with Gasteiger partial charge in [0.25, 0.3) is 0 Å². The van der Waals surface area contributed by atoms with E-state index in [1.165, 1.54) is 13.0 Å². The predicted octanol–water partition coefficient (Wildman–Crippen LogP) is 8.70. The standard InChI is InChI=1S/C29H33F9N2O2/c1-3-40(16-19-6-4-18(5-7-19)10-26(41)42)25-9-8-22(27(30,31)32)13-21(25)15-39-17(2)20-11-23(28(33,34)35)14-24(12-20)29(36,37)38/h8-9,11-14,17-19,39H,3-7,10,15-16H2,1-2H3,(H,41,42). The minimum absolute atomic E-state index is 0.0232. The Morgan fingerprint density at radius 1 is 0.857 bits per heavy atom. The zero-order valence-corrected chi connectivity index (χ0v) is 23.1. The van der Waals surface area contributed by atoms with Crippen molar-refractivity contribution in [2.75, 3.05) is 18.0 Å². The SMILES string of the molecule is CCN(CC1CCC(CC(=O)O)CC1)c1ccc(C(F)(F)F)cc1CNC(C)c1cc(C(F)(F)F)cc(C(F)(F)F)c1. The Hall–Kier alpha value is -2.96. The van der Waals surface area contributed by atoms with Crippen LogP contribution < -0.4 is 10.2 Å². The van der Waals surface area contributed by atoms with Gasteiger partial charge in [0, 0.05) is 37.8 Å². The summed E-state index contributed by atoms with van der Waals surface area (Å²) in [5, 5.41) is 11.9. The van der Waals surface area contributed by atoms with Crippen molar-refractivity contribution in [3.8, 4) is 0 Å². The second-order valence-electron chi connectivity index (χ2n) is 10.8. The highest BCUT2D eigenvalue weighted by Crippen LogP contribution is 2.39. The van der Waals surface area contributed by atoms with Crippen molar-refractivity contribution in [2.24, 2.45) is 11.8 Å². The fourth-order valence-electron chi connectivity index (χ4n) is 5.40. The zero-order valence-electron chi connectivity index (χ0n) is 23.1. The van der Waals surface area contributed by atoms with Gasteiger partial charge in [-0.3, -0.25) is 4.79 Å². The lowest BCUT2D eigenvalue weighted by molar-refractivity contribution is -0.143. The Labute approximate surface area is 237 Å². The third kappa shape index (κ3) is 9.02. The third-order valence-corrected chi connectivity index (χ3v) is 7.75. The summed E-state index contributed by atoms with van der Waals surface area (Å²) in [5.41, 5.74) is -3.53. The van der Waals surface area contributed by atoms with E-state index in [9.17, 15) is 44.3 Å². The van der Waals surface area contributed by atoms with Gasteiger partial charge in [0.1, 0.15) is 0 Å². The zero-order chi connectivity index (χ0) is 31.5. The number of alkyl halides is 9. The molecule has 2 aromatic carbocycles. The van der Waals surface area contributed by atoms with Gasteiger partial charge in [0.2, 0.25) is 0 Å². The molecule has 0 aliphatic heterocycles. The molecule has 234 valence electrons. The molecule has 1 atom stereocenters. The first-order chi connectivity index (χ1) is 19.4. The van der Waals surface area contributed by atoms with Gasteiger partial charge in [0.15, 0.2) is 0 Å². The lowest BCUT2D eigenvalue weighted by atomic mass is 9.80. The summed E-state index contributed by atoms with van der Waals surface area (Å²) in [6.07, 6.45) is -11.7. The van der Waals surface area contributed by atoms with E-state index in [4.69, 9.17) is 5.11 Å². The van der Waals surface area contributed by atoms with Crippen LogP contribution in [0.4, 0.5) is 45.2 Å². The number of carboxylic acids is 1. The Morgan fingerprint density at radius 3 is 1.86 bits per heavy atom. The van der Waals surface area contributed by atoms with Gasteiger partial charge < -0.3 is 15.3 Å². The molecule has 0 spiro atoms. The summed E-state index contributed by atoms with van der Waals surface area (Å²) in [6, 6.07) is 3.37. The van der Waals surface area contributed by atoms with Crippen molar-refractivity contribution >= 4 is 11.7 Å². The maximum atomic E-state index is 13.6. The van der Waals surface area contributed by atoms with E-state index in [0.717, 1.165) is 37.8 Å². The molecule has 1 aliphatic carbocycles. The summed E-state index contributed by atoms with van der Waals surface area (Å²) in [6.45, 7) is 3.86. The van der Waals surface area contributed by atoms with Gasteiger partial charge >= 0.3 is 24.5 Å². The number of benzene rings is 2. The average Bonchev–Trinajstić information content (AvgIpc) is 2.89. The number of nitrogens with one attached hydrogen (secondary N) is 1. The van der Waals surface area contributed by atoms with E-state index in [-0.39, 0.29) is 42.0 Å². The summed E-state index contributed by atoms with van der Waals surface area (Å²) in [7, 11) is 0. The molecule has 0 heterocycles. The monoisotopic (exact) mass is 612 g/mol. The number of nitrogens with zero attached hydrogens (tertiary/aromatic N) is 1. The number of hydrogen-bond acceptors (Lipinski definition) is 3. The predicted molar refractivity (Wildman–Crippen MR) is 139 cm³/mol. The first-order valence-corrected chi connectivity index (χ1v) is 13.6. The molecule has 2 aromatic rings. The fraction of sp³-hybridized carbons (Fsp3) is 0.552.